The second kappa shape index (κ2) is 4.70. The first-order valence-corrected chi connectivity index (χ1v) is 5.80. The topological polar surface area (TPSA) is 70.0 Å². The largest absolute Gasteiger partial charge is 0.385 e. The van der Waals surface area contributed by atoms with Gasteiger partial charge in [0, 0.05) is 17.6 Å². The predicted molar refractivity (Wildman–Crippen MR) is 71.4 cm³/mol. The molecule has 1 aromatic carbocycles. The van der Waals surface area contributed by atoms with Crippen molar-refractivity contribution in [2.45, 2.75) is 13.5 Å². The normalized spacial score (nSPS) is 10.6. The molecule has 0 aliphatic heterocycles. The number of nitrogens with two attached hydrogens (primary N) is 1. The van der Waals surface area contributed by atoms with Gasteiger partial charge >= 0.3 is 5.69 Å². The van der Waals surface area contributed by atoms with E-state index >= 15 is 0 Å². The zero-order chi connectivity index (χ0) is 13.3. The van der Waals surface area contributed by atoms with E-state index in [1.54, 1.807) is 31.2 Å². The first-order chi connectivity index (χ1) is 8.54. The Labute approximate surface area is 108 Å². The molecule has 2 N–H and O–H groups in total. The minimum atomic E-state index is -0.454. The van der Waals surface area contributed by atoms with Gasteiger partial charge in [0.25, 0.3) is 5.56 Å². The van der Waals surface area contributed by atoms with Crippen molar-refractivity contribution in [3.8, 4) is 5.69 Å². The summed E-state index contributed by atoms with van der Waals surface area (Å²) < 4.78 is 2.40. The molecule has 6 heteroatoms. The third kappa shape index (κ3) is 2.04. The molecule has 0 aliphatic rings. The number of halogens is 1. The van der Waals surface area contributed by atoms with Crippen LogP contribution in [0.1, 0.15) is 6.92 Å². The molecule has 0 bridgehead atoms. The molecule has 1 aromatic heterocycles. The fourth-order valence-corrected chi connectivity index (χ4v) is 1.86. The molecular weight excluding hydrogens is 254 g/mol. The van der Waals surface area contributed by atoms with Crippen LogP contribution < -0.4 is 17.0 Å². The molecule has 2 aromatic rings. The maximum atomic E-state index is 12.1. The van der Waals surface area contributed by atoms with E-state index in [9.17, 15) is 9.59 Å². The van der Waals surface area contributed by atoms with Gasteiger partial charge in [-0.3, -0.25) is 9.36 Å². The van der Waals surface area contributed by atoms with Crippen molar-refractivity contribution in [2.24, 2.45) is 0 Å². The molecule has 0 atom stereocenters. The maximum Gasteiger partial charge on any atom is 0.337 e. The summed E-state index contributed by atoms with van der Waals surface area (Å²) in [6.45, 7) is 2.02. The summed E-state index contributed by atoms with van der Waals surface area (Å²) >= 11 is 5.79. The van der Waals surface area contributed by atoms with E-state index in [0.717, 1.165) is 4.57 Å². The van der Waals surface area contributed by atoms with E-state index in [-0.39, 0.29) is 5.82 Å². The highest BCUT2D eigenvalue weighted by atomic mass is 35.5. The summed E-state index contributed by atoms with van der Waals surface area (Å²) in [6, 6.07) is 7.89. The van der Waals surface area contributed by atoms with Gasteiger partial charge in [0.15, 0.2) is 0 Å². The Morgan fingerprint density at radius 3 is 2.39 bits per heavy atom. The number of nitrogens with zero attached hydrogens (tertiary/aromatic N) is 2. The Balaban J connectivity index is 2.75. The molecule has 1 heterocycles. The fraction of sp³-hybridized carbons (Fsp3) is 0.167. The second-order valence-corrected chi connectivity index (χ2v) is 4.18. The summed E-state index contributed by atoms with van der Waals surface area (Å²) in [5.41, 5.74) is 5.45. The Morgan fingerprint density at radius 2 is 1.83 bits per heavy atom. The highest BCUT2D eigenvalue weighted by molar-refractivity contribution is 6.30. The monoisotopic (exact) mass is 265 g/mol. The summed E-state index contributed by atoms with van der Waals surface area (Å²) in [6.07, 6.45) is 0. The van der Waals surface area contributed by atoms with Gasteiger partial charge in [-0.2, -0.15) is 0 Å². The first-order valence-electron chi connectivity index (χ1n) is 5.43. The summed E-state index contributed by atoms with van der Waals surface area (Å²) in [4.78, 5) is 23.7. The van der Waals surface area contributed by atoms with Crippen molar-refractivity contribution in [1.29, 1.82) is 0 Å². The number of hydrogen-bond acceptors (Lipinski definition) is 3. The lowest BCUT2D eigenvalue weighted by Gasteiger charge is -2.11. The molecule has 94 valence electrons. The lowest BCUT2D eigenvalue weighted by Crippen LogP contribution is -2.39. The molecule has 2 rings (SSSR count). The predicted octanol–water partition coefficient (Wildman–Crippen LogP) is 1.25. The Bertz CT molecular complexity index is 686. The average molecular weight is 266 g/mol. The second-order valence-electron chi connectivity index (χ2n) is 3.75. The third-order valence-corrected chi connectivity index (χ3v) is 2.87. The highest BCUT2D eigenvalue weighted by Crippen LogP contribution is 2.13. The van der Waals surface area contributed by atoms with E-state index in [2.05, 4.69) is 0 Å². The van der Waals surface area contributed by atoms with Gasteiger partial charge in [-0.15, -0.1) is 0 Å². The van der Waals surface area contributed by atoms with Crippen molar-refractivity contribution in [3.05, 3.63) is 56.2 Å². The molecule has 0 saturated heterocycles. The highest BCUT2D eigenvalue weighted by Gasteiger charge is 2.09. The van der Waals surface area contributed by atoms with Crippen LogP contribution in [0.15, 0.2) is 39.9 Å². The average Bonchev–Trinajstić information content (AvgIpc) is 2.31. The van der Waals surface area contributed by atoms with Crippen molar-refractivity contribution in [2.75, 3.05) is 5.73 Å². The minimum absolute atomic E-state index is 0.108. The number of nitrogen functional groups attached to an aromatic ring is 1. The molecule has 0 amide bonds. The standard InChI is InChI=1S/C12H12ClN3O2/c1-2-15-11(17)7-10(14)16(12(15)18)9-5-3-8(13)4-6-9/h3-7H,2,14H2,1H3. The van der Waals surface area contributed by atoms with Crippen molar-refractivity contribution in [1.82, 2.24) is 9.13 Å². The summed E-state index contributed by atoms with van der Waals surface area (Å²) in [7, 11) is 0. The number of rotatable bonds is 2. The van der Waals surface area contributed by atoms with Crippen LogP contribution in [0.2, 0.25) is 5.02 Å². The Hall–Kier alpha value is -2.01. The minimum Gasteiger partial charge on any atom is -0.385 e. The molecule has 0 spiro atoms. The zero-order valence-corrected chi connectivity index (χ0v) is 10.5. The van der Waals surface area contributed by atoms with Gasteiger partial charge in [0.05, 0.1) is 5.69 Å². The quantitative estimate of drug-likeness (QED) is 0.889. The van der Waals surface area contributed by atoms with Crippen LogP contribution in [0.3, 0.4) is 0 Å². The van der Waals surface area contributed by atoms with Crippen LogP contribution >= 0.6 is 11.6 Å². The Morgan fingerprint density at radius 1 is 1.22 bits per heavy atom. The molecule has 0 fully saturated rings. The summed E-state index contributed by atoms with van der Waals surface area (Å²) in [5, 5.41) is 0.564. The lowest BCUT2D eigenvalue weighted by atomic mass is 10.3. The SMILES string of the molecule is CCn1c(=O)cc(N)n(-c2ccc(Cl)cc2)c1=O. The summed E-state index contributed by atoms with van der Waals surface area (Å²) in [5.74, 6) is 0.108. The molecule has 0 aliphatic carbocycles. The van der Waals surface area contributed by atoms with Gasteiger partial charge < -0.3 is 5.73 Å². The first kappa shape index (κ1) is 12.4. The molecule has 5 nitrogen and oxygen atoms in total. The van der Waals surface area contributed by atoms with Gasteiger partial charge in [-0.25, -0.2) is 9.36 Å². The maximum absolute atomic E-state index is 12.1. The number of aromatic nitrogens is 2. The van der Waals surface area contributed by atoms with Crippen LogP contribution in [0.25, 0.3) is 5.69 Å². The zero-order valence-electron chi connectivity index (χ0n) is 9.76. The van der Waals surface area contributed by atoms with Crippen LogP contribution in [0.4, 0.5) is 5.82 Å². The van der Waals surface area contributed by atoms with Crippen LogP contribution in [-0.2, 0) is 6.54 Å². The molecule has 0 saturated carbocycles. The Kier molecular flexibility index (Phi) is 3.25. The van der Waals surface area contributed by atoms with Crippen LogP contribution in [-0.4, -0.2) is 9.13 Å². The fourth-order valence-electron chi connectivity index (χ4n) is 1.74. The molecule has 18 heavy (non-hydrogen) atoms. The number of hydrogen-bond donors (Lipinski definition) is 1. The molecule has 0 radical (unpaired) electrons. The molecule has 0 unspecified atom stereocenters. The van der Waals surface area contributed by atoms with Crippen LogP contribution in [0, 0.1) is 0 Å². The van der Waals surface area contributed by atoms with E-state index in [0.29, 0.717) is 17.3 Å². The van der Waals surface area contributed by atoms with E-state index in [1.807, 2.05) is 0 Å². The van der Waals surface area contributed by atoms with E-state index < -0.39 is 11.2 Å². The van der Waals surface area contributed by atoms with Gasteiger partial charge in [0.2, 0.25) is 0 Å². The van der Waals surface area contributed by atoms with Crippen molar-refractivity contribution in [3.63, 3.8) is 0 Å². The number of anilines is 1. The third-order valence-electron chi connectivity index (χ3n) is 2.62. The van der Waals surface area contributed by atoms with Crippen LogP contribution in [0.5, 0.6) is 0 Å². The van der Waals surface area contributed by atoms with E-state index in [4.69, 9.17) is 17.3 Å². The van der Waals surface area contributed by atoms with Crippen molar-refractivity contribution >= 4 is 17.4 Å². The van der Waals surface area contributed by atoms with Gasteiger partial charge in [-0.1, -0.05) is 11.6 Å². The van der Waals surface area contributed by atoms with Gasteiger partial charge in [-0.05, 0) is 31.2 Å². The molecular formula is C12H12ClN3O2. The number of benzene rings is 1. The van der Waals surface area contributed by atoms with Gasteiger partial charge in [0.1, 0.15) is 5.82 Å². The van der Waals surface area contributed by atoms with Crippen molar-refractivity contribution < 1.29 is 0 Å². The van der Waals surface area contributed by atoms with E-state index in [1.165, 1.54) is 10.6 Å². The smallest absolute Gasteiger partial charge is 0.337 e. The lowest BCUT2D eigenvalue weighted by molar-refractivity contribution is 0.650.